The van der Waals surface area contributed by atoms with Crippen LogP contribution in [0, 0.1) is 11.3 Å². The molecule has 1 spiro atoms. The predicted octanol–water partition coefficient (Wildman–Crippen LogP) is 4.17. The molecule has 0 atom stereocenters. The van der Waals surface area contributed by atoms with Gasteiger partial charge in [0.2, 0.25) is 0 Å². The maximum atomic E-state index is 13.3. The number of hydrogen-bond acceptors (Lipinski definition) is 5. The minimum atomic E-state index is -0.279. The molecule has 4 heterocycles. The topological polar surface area (TPSA) is 78.6 Å². The fraction of sp³-hybridized carbons (Fsp3) is 0.522. The summed E-state index contributed by atoms with van der Waals surface area (Å²) in [5.41, 5.74) is 0.891. The van der Waals surface area contributed by atoms with Gasteiger partial charge in [0.15, 0.2) is 0 Å². The molecule has 7 nitrogen and oxygen atoms in total. The van der Waals surface area contributed by atoms with Crippen molar-refractivity contribution in [2.45, 2.75) is 56.6 Å². The van der Waals surface area contributed by atoms with Crippen molar-refractivity contribution >= 4 is 23.3 Å². The average molecular weight is 439 g/mol. The van der Waals surface area contributed by atoms with E-state index < -0.39 is 0 Å². The van der Waals surface area contributed by atoms with Crippen LogP contribution in [0.4, 0.5) is 4.79 Å². The van der Waals surface area contributed by atoms with E-state index in [2.05, 4.69) is 6.07 Å². The second kappa shape index (κ2) is 8.04. The van der Waals surface area contributed by atoms with Gasteiger partial charge in [-0.1, -0.05) is 6.42 Å². The summed E-state index contributed by atoms with van der Waals surface area (Å²) < 4.78 is 7.68. The Kier molecular flexibility index (Phi) is 5.22. The van der Waals surface area contributed by atoms with Crippen LogP contribution in [-0.2, 0) is 4.74 Å². The van der Waals surface area contributed by atoms with Crippen LogP contribution >= 0.6 is 11.3 Å². The number of ether oxygens (including phenoxy) is 1. The van der Waals surface area contributed by atoms with E-state index in [4.69, 9.17) is 4.74 Å². The first kappa shape index (κ1) is 20.1. The van der Waals surface area contributed by atoms with Crippen LogP contribution in [0.25, 0.3) is 5.69 Å². The molecule has 1 aliphatic carbocycles. The molecule has 2 amide bonds. The Morgan fingerprint density at radius 1 is 1.16 bits per heavy atom. The largest absolute Gasteiger partial charge is 0.441 e. The van der Waals surface area contributed by atoms with Crippen molar-refractivity contribution in [3.63, 3.8) is 0 Å². The van der Waals surface area contributed by atoms with Crippen LogP contribution in [0.15, 0.2) is 29.9 Å². The Morgan fingerprint density at radius 2 is 1.87 bits per heavy atom. The molecule has 0 bridgehead atoms. The Labute approximate surface area is 185 Å². The van der Waals surface area contributed by atoms with Crippen molar-refractivity contribution in [1.82, 2.24) is 14.4 Å². The summed E-state index contributed by atoms with van der Waals surface area (Å²) in [5.74, 6) is -0.0404. The lowest BCUT2D eigenvalue weighted by Gasteiger charge is -2.36. The molecular formula is C23H26N4O3S. The maximum Gasteiger partial charge on any atom is 0.410 e. The highest BCUT2D eigenvalue weighted by atomic mass is 32.1. The fourth-order valence-corrected chi connectivity index (χ4v) is 6.19. The first-order valence-electron chi connectivity index (χ1n) is 11.0. The number of amides is 2. The number of carbonyl (C=O) groups excluding carboxylic acids is 2. The van der Waals surface area contributed by atoms with Gasteiger partial charge in [-0.15, -0.1) is 11.3 Å². The van der Waals surface area contributed by atoms with Crippen LogP contribution < -0.4 is 0 Å². The Hall–Kier alpha value is -2.79. The smallest absolute Gasteiger partial charge is 0.410 e. The quantitative estimate of drug-likeness (QED) is 0.721. The molecule has 0 radical (unpaired) electrons. The molecule has 0 aromatic carbocycles. The van der Waals surface area contributed by atoms with Gasteiger partial charge in [0.25, 0.3) is 5.91 Å². The predicted molar refractivity (Wildman–Crippen MR) is 116 cm³/mol. The first-order valence-corrected chi connectivity index (χ1v) is 11.9. The normalized spacial score (nSPS) is 21.3. The number of hydrogen-bond donors (Lipinski definition) is 0. The Bertz CT molecular complexity index is 1010. The SMILES string of the molecule is N#Cc1csc(C(=O)N2CCC(N3CC4(CCCCC4)OC3=O)CC2)c1-n1cccc1. The van der Waals surface area contributed by atoms with E-state index >= 15 is 0 Å². The van der Waals surface area contributed by atoms with Gasteiger partial charge in [-0.3, -0.25) is 4.79 Å². The van der Waals surface area contributed by atoms with Gasteiger partial charge < -0.3 is 19.1 Å². The van der Waals surface area contributed by atoms with Crippen LogP contribution in [-0.4, -0.2) is 57.6 Å². The van der Waals surface area contributed by atoms with Crippen LogP contribution in [0.5, 0.6) is 0 Å². The summed E-state index contributed by atoms with van der Waals surface area (Å²) in [6.07, 6.45) is 10.4. The van der Waals surface area contributed by atoms with Gasteiger partial charge in [-0.05, 0) is 50.7 Å². The molecule has 2 aromatic rings. The summed E-state index contributed by atoms with van der Waals surface area (Å²) in [5, 5.41) is 11.2. The third kappa shape index (κ3) is 3.61. The summed E-state index contributed by atoms with van der Waals surface area (Å²) in [6.45, 7) is 1.90. The number of likely N-dealkylation sites (tertiary alicyclic amines) is 1. The van der Waals surface area contributed by atoms with E-state index in [1.54, 1.807) is 5.38 Å². The molecule has 2 saturated heterocycles. The zero-order chi connectivity index (χ0) is 21.4. The number of piperidine rings is 1. The zero-order valence-electron chi connectivity index (χ0n) is 17.5. The molecule has 0 unspecified atom stereocenters. The molecule has 2 aromatic heterocycles. The zero-order valence-corrected chi connectivity index (χ0v) is 18.3. The Balaban J connectivity index is 1.27. The highest BCUT2D eigenvalue weighted by Gasteiger charge is 2.48. The van der Waals surface area contributed by atoms with E-state index in [-0.39, 0.29) is 23.6 Å². The lowest BCUT2D eigenvalue weighted by Crippen LogP contribution is -2.48. The standard InChI is InChI=1S/C23H26N4O3S/c24-14-17-15-31-20(19(17)25-10-4-5-11-25)21(28)26-12-6-18(7-13-26)27-16-23(30-22(27)29)8-2-1-3-9-23/h4-5,10-11,15,18H,1-3,6-9,12-13,16H2. The van der Waals surface area contributed by atoms with Crippen LogP contribution in [0.1, 0.15) is 60.2 Å². The number of aromatic nitrogens is 1. The minimum absolute atomic E-state index is 0.0404. The van der Waals surface area contributed by atoms with E-state index in [0.717, 1.165) is 38.5 Å². The van der Waals surface area contributed by atoms with Gasteiger partial charge in [-0.25, -0.2) is 4.79 Å². The van der Waals surface area contributed by atoms with Crippen molar-refractivity contribution in [2.24, 2.45) is 0 Å². The average Bonchev–Trinajstić information content (AvgIpc) is 3.52. The third-order valence-corrected chi connectivity index (χ3v) is 7.85. The molecule has 3 aliphatic rings. The van der Waals surface area contributed by atoms with Crippen molar-refractivity contribution in [3.8, 4) is 11.8 Å². The summed E-state index contributed by atoms with van der Waals surface area (Å²) >= 11 is 1.32. The van der Waals surface area contributed by atoms with E-state index in [1.165, 1.54) is 17.8 Å². The molecule has 8 heteroatoms. The monoisotopic (exact) mass is 438 g/mol. The second-order valence-electron chi connectivity index (χ2n) is 8.79. The van der Waals surface area contributed by atoms with Gasteiger partial charge in [0.05, 0.1) is 17.8 Å². The number of carbonyl (C=O) groups is 2. The molecular weight excluding hydrogens is 412 g/mol. The molecule has 5 rings (SSSR count). The highest BCUT2D eigenvalue weighted by Crippen LogP contribution is 2.39. The summed E-state index contributed by atoms with van der Waals surface area (Å²) in [6, 6.07) is 6.09. The molecule has 3 fully saturated rings. The molecule has 162 valence electrons. The molecule has 1 saturated carbocycles. The van der Waals surface area contributed by atoms with Gasteiger partial charge in [0.1, 0.15) is 16.5 Å². The van der Waals surface area contributed by atoms with E-state index in [1.807, 2.05) is 38.9 Å². The highest BCUT2D eigenvalue weighted by molar-refractivity contribution is 7.12. The van der Waals surface area contributed by atoms with Gasteiger partial charge in [-0.2, -0.15) is 5.26 Å². The second-order valence-corrected chi connectivity index (χ2v) is 9.67. The Morgan fingerprint density at radius 3 is 2.55 bits per heavy atom. The lowest BCUT2D eigenvalue weighted by molar-refractivity contribution is 0.0259. The summed E-state index contributed by atoms with van der Waals surface area (Å²) in [4.78, 5) is 30.2. The first-order chi connectivity index (χ1) is 15.1. The van der Waals surface area contributed by atoms with Crippen molar-refractivity contribution < 1.29 is 14.3 Å². The minimum Gasteiger partial charge on any atom is -0.441 e. The fourth-order valence-electron chi connectivity index (χ4n) is 5.23. The van der Waals surface area contributed by atoms with Gasteiger partial charge in [0, 0.05) is 36.9 Å². The third-order valence-electron chi connectivity index (χ3n) is 6.90. The van der Waals surface area contributed by atoms with Crippen molar-refractivity contribution in [2.75, 3.05) is 19.6 Å². The molecule has 0 N–H and O–H groups in total. The van der Waals surface area contributed by atoms with E-state index in [0.29, 0.717) is 35.8 Å². The van der Waals surface area contributed by atoms with E-state index in [9.17, 15) is 14.9 Å². The number of rotatable bonds is 3. The lowest BCUT2D eigenvalue weighted by atomic mass is 9.84. The van der Waals surface area contributed by atoms with Crippen LogP contribution in [0.3, 0.4) is 0 Å². The molecule has 2 aliphatic heterocycles. The number of nitrogens with zero attached hydrogens (tertiary/aromatic N) is 4. The maximum absolute atomic E-state index is 13.3. The number of thiophene rings is 1. The van der Waals surface area contributed by atoms with Crippen LogP contribution in [0.2, 0.25) is 0 Å². The summed E-state index contributed by atoms with van der Waals surface area (Å²) in [7, 11) is 0. The van der Waals surface area contributed by atoms with Gasteiger partial charge >= 0.3 is 6.09 Å². The molecule has 31 heavy (non-hydrogen) atoms. The number of nitriles is 1. The van der Waals surface area contributed by atoms with Crippen molar-refractivity contribution in [3.05, 3.63) is 40.3 Å². The van der Waals surface area contributed by atoms with Crippen molar-refractivity contribution in [1.29, 1.82) is 5.26 Å².